The van der Waals surface area contributed by atoms with Crippen LogP contribution >= 0.6 is 0 Å². The standard InChI is InChI=1S/C20H29N3O2.2C2HF3O2/c1-15-3-6-17(9-21-15)19(24)23-8-7-20(14-23)13-22(10-16-4-5-16)11-18(20)12-25-2;2*3-2(4,5)1(6)7/h3,6,9,16,18H,4-5,7-8,10-14H2,1-2H3;2*(H,6,7)/t18-,20-;;/m1../s1. The molecule has 220 valence electrons. The Kier molecular flexibility index (Phi) is 10.7. The summed E-state index contributed by atoms with van der Waals surface area (Å²) < 4.78 is 69.0. The summed E-state index contributed by atoms with van der Waals surface area (Å²) in [4.78, 5) is 39.6. The summed E-state index contributed by atoms with van der Waals surface area (Å²) in [7, 11) is 1.80. The first-order valence-corrected chi connectivity index (χ1v) is 12.0. The molecule has 2 aliphatic heterocycles. The third-order valence-corrected chi connectivity index (χ3v) is 6.78. The summed E-state index contributed by atoms with van der Waals surface area (Å²) in [6.45, 7) is 7.93. The van der Waals surface area contributed by atoms with Gasteiger partial charge in [-0.1, -0.05) is 0 Å². The summed E-state index contributed by atoms with van der Waals surface area (Å²) in [5.41, 5.74) is 1.86. The Morgan fingerprint density at radius 2 is 1.62 bits per heavy atom. The zero-order valence-corrected chi connectivity index (χ0v) is 21.4. The van der Waals surface area contributed by atoms with Crippen LogP contribution in [0.25, 0.3) is 0 Å². The van der Waals surface area contributed by atoms with Crippen LogP contribution in [0, 0.1) is 24.2 Å². The van der Waals surface area contributed by atoms with Gasteiger partial charge in [-0.15, -0.1) is 0 Å². The normalized spacial score (nSPS) is 23.1. The molecule has 1 aliphatic carbocycles. The van der Waals surface area contributed by atoms with E-state index in [9.17, 15) is 31.1 Å². The predicted molar refractivity (Wildman–Crippen MR) is 124 cm³/mol. The molecule has 2 saturated heterocycles. The molecular weight excluding hydrogens is 540 g/mol. The molecule has 3 fully saturated rings. The van der Waals surface area contributed by atoms with E-state index in [0.717, 1.165) is 50.8 Å². The fourth-order valence-electron chi connectivity index (χ4n) is 4.69. The van der Waals surface area contributed by atoms with Crippen molar-refractivity contribution in [3.05, 3.63) is 29.6 Å². The van der Waals surface area contributed by atoms with Gasteiger partial charge in [0.1, 0.15) is 0 Å². The van der Waals surface area contributed by atoms with Gasteiger partial charge in [0.25, 0.3) is 5.91 Å². The maximum absolute atomic E-state index is 12.9. The highest BCUT2D eigenvalue weighted by molar-refractivity contribution is 5.94. The van der Waals surface area contributed by atoms with E-state index in [0.29, 0.717) is 11.5 Å². The fraction of sp³-hybridized carbons (Fsp3) is 0.667. The summed E-state index contributed by atoms with van der Waals surface area (Å²) in [5.74, 6) is -3.94. The highest BCUT2D eigenvalue weighted by atomic mass is 19.4. The maximum atomic E-state index is 12.9. The van der Waals surface area contributed by atoms with Gasteiger partial charge >= 0.3 is 24.3 Å². The van der Waals surface area contributed by atoms with E-state index in [1.807, 2.05) is 24.0 Å². The quantitative estimate of drug-likeness (QED) is 0.516. The minimum Gasteiger partial charge on any atom is -0.475 e. The number of likely N-dealkylation sites (tertiary alicyclic amines) is 2. The molecule has 39 heavy (non-hydrogen) atoms. The Hall–Kier alpha value is -2.94. The minimum absolute atomic E-state index is 0.126. The Morgan fingerprint density at radius 1 is 1.05 bits per heavy atom. The third kappa shape index (κ3) is 9.64. The molecule has 0 bridgehead atoms. The number of alkyl halides is 6. The zero-order valence-electron chi connectivity index (χ0n) is 21.4. The summed E-state index contributed by atoms with van der Waals surface area (Å²) in [6, 6.07) is 3.82. The van der Waals surface area contributed by atoms with Crippen molar-refractivity contribution in [2.75, 3.05) is 46.4 Å². The molecular formula is C24H31F6N3O6. The van der Waals surface area contributed by atoms with Gasteiger partial charge < -0.3 is 24.7 Å². The number of carboxylic acid groups (broad SMARTS) is 2. The van der Waals surface area contributed by atoms with E-state index < -0.39 is 24.3 Å². The molecule has 0 radical (unpaired) electrons. The van der Waals surface area contributed by atoms with E-state index in [4.69, 9.17) is 24.5 Å². The predicted octanol–water partition coefficient (Wildman–Crippen LogP) is 3.48. The van der Waals surface area contributed by atoms with Crippen molar-refractivity contribution in [1.29, 1.82) is 0 Å². The molecule has 15 heteroatoms. The number of hydrogen-bond acceptors (Lipinski definition) is 6. The summed E-state index contributed by atoms with van der Waals surface area (Å²) in [5, 5.41) is 14.2. The van der Waals surface area contributed by atoms with E-state index in [2.05, 4.69) is 9.88 Å². The third-order valence-electron chi connectivity index (χ3n) is 6.78. The summed E-state index contributed by atoms with van der Waals surface area (Å²) in [6.07, 6.45) is -4.58. The molecule has 1 spiro atoms. The topological polar surface area (TPSA) is 120 Å². The second-order valence-corrected chi connectivity index (χ2v) is 9.92. The Morgan fingerprint density at radius 3 is 2.05 bits per heavy atom. The van der Waals surface area contributed by atoms with Crippen LogP contribution in [-0.4, -0.2) is 102 Å². The molecule has 1 aromatic rings. The molecule has 2 atom stereocenters. The number of pyridine rings is 1. The van der Waals surface area contributed by atoms with Crippen LogP contribution in [0.15, 0.2) is 18.3 Å². The first-order chi connectivity index (χ1) is 18.0. The lowest BCUT2D eigenvalue weighted by Gasteiger charge is -2.30. The SMILES string of the molecule is COC[C@H]1CN(CC2CC2)C[C@@]12CCN(C(=O)c1ccc(C)nc1)C2.O=C(O)C(F)(F)F.O=C(O)C(F)(F)F. The van der Waals surface area contributed by atoms with E-state index >= 15 is 0 Å². The molecule has 3 aliphatic rings. The average molecular weight is 572 g/mol. The number of aryl methyl sites for hydroxylation is 1. The summed E-state index contributed by atoms with van der Waals surface area (Å²) >= 11 is 0. The van der Waals surface area contributed by atoms with Gasteiger partial charge in [0.05, 0.1) is 12.2 Å². The molecule has 3 heterocycles. The van der Waals surface area contributed by atoms with Crippen LogP contribution in [0.1, 0.15) is 35.3 Å². The van der Waals surface area contributed by atoms with Crippen LogP contribution in [-0.2, 0) is 14.3 Å². The van der Waals surface area contributed by atoms with Crippen molar-refractivity contribution in [3.63, 3.8) is 0 Å². The van der Waals surface area contributed by atoms with Crippen molar-refractivity contribution in [2.24, 2.45) is 17.3 Å². The van der Waals surface area contributed by atoms with Gasteiger partial charge in [-0.3, -0.25) is 9.78 Å². The van der Waals surface area contributed by atoms with Gasteiger partial charge in [-0.2, -0.15) is 26.3 Å². The number of carbonyl (C=O) groups excluding carboxylic acids is 1. The van der Waals surface area contributed by atoms with Crippen molar-refractivity contribution >= 4 is 17.8 Å². The van der Waals surface area contributed by atoms with Crippen molar-refractivity contribution in [1.82, 2.24) is 14.8 Å². The smallest absolute Gasteiger partial charge is 0.475 e. The van der Waals surface area contributed by atoms with Crippen LogP contribution in [0.2, 0.25) is 0 Å². The Bertz CT molecular complexity index is 976. The van der Waals surface area contributed by atoms with Crippen LogP contribution in [0.4, 0.5) is 26.3 Å². The monoisotopic (exact) mass is 571 g/mol. The van der Waals surface area contributed by atoms with E-state index in [1.165, 1.54) is 19.4 Å². The van der Waals surface area contributed by atoms with Gasteiger partial charge in [0, 0.05) is 63.1 Å². The lowest BCUT2D eigenvalue weighted by Crippen LogP contribution is -2.38. The van der Waals surface area contributed by atoms with Gasteiger partial charge in [-0.05, 0) is 44.2 Å². The lowest BCUT2D eigenvalue weighted by atomic mass is 9.77. The molecule has 1 saturated carbocycles. The van der Waals surface area contributed by atoms with Crippen molar-refractivity contribution in [3.8, 4) is 0 Å². The number of ether oxygens (including phenoxy) is 1. The number of carboxylic acids is 2. The molecule has 0 unspecified atom stereocenters. The molecule has 4 rings (SSSR count). The molecule has 9 nitrogen and oxygen atoms in total. The fourth-order valence-corrected chi connectivity index (χ4v) is 4.69. The Labute approximate surface area is 220 Å². The first-order valence-electron chi connectivity index (χ1n) is 12.0. The lowest BCUT2D eigenvalue weighted by molar-refractivity contribution is -0.193. The number of hydrogen-bond donors (Lipinski definition) is 2. The number of methoxy groups -OCH3 is 1. The van der Waals surface area contributed by atoms with Gasteiger partial charge in [0.15, 0.2) is 0 Å². The van der Waals surface area contributed by atoms with Gasteiger partial charge in [-0.25, -0.2) is 9.59 Å². The van der Waals surface area contributed by atoms with Crippen LogP contribution in [0.5, 0.6) is 0 Å². The first kappa shape index (κ1) is 32.3. The number of nitrogens with zero attached hydrogens (tertiary/aromatic N) is 3. The number of rotatable bonds is 5. The number of amides is 1. The molecule has 2 N–H and O–H groups in total. The van der Waals surface area contributed by atoms with Crippen LogP contribution in [0.3, 0.4) is 0 Å². The number of aliphatic carboxylic acids is 2. The van der Waals surface area contributed by atoms with Crippen molar-refractivity contribution < 1.29 is 55.7 Å². The number of carbonyl (C=O) groups is 3. The second kappa shape index (κ2) is 12.9. The highest BCUT2D eigenvalue weighted by Crippen LogP contribution is 2.45. The average Bonchev–Trinajstić information content (AvgIpc) is 3.44. The van der Waals surface area contributed by atoms with Crippen LogP contribution < -0.4 is 0 Å². The minimum atomic E-state index is -5.08. The largest absolute Gasteiger partial charge is 0.490 e. The van der Waals surface area contributed by atoms with Crippen molar-refractivity contribution in [2.45, 2.75) is 38.5 Å². The zero-order chi connectivity index (χ0) is 29.6. The van der Waals surface area contributed by atoms with Gasteiger partial charge in [0.2, 0.25) is 0 Å². The number of halogens is 6. The molecule has 0 aromatic carbocycles. The maximum Gasteiger partial charge on any atom is 0.490 e. The highest BCUT2D eigenvalue weighted by Gasteiger charge is 2.51. The second-order valence-electron chi connectivity index (χ2n) is 9.92. The van der Waals surface area contributed by atoms with E-state index in [-0.39, 0.29) is 11.3 Å². The molecule has 1 aromatic heterocycles. The van der Waals surface area contributed by atoms with E-state index in [1.54, 1.807) is 13.3 Å². The number of aromatic nitrogens is 1. The molecule has 1 amide bonds. The Balaban J connectivity index is 0.000000317.